The number of ether oxygens (including phenoxy) is 2. The van der Waals surface area contributed by atoms with Crippen molar-refractivity contribution in [3.05, 3.63) is 93.7 Å². The summed E-state index contributed by atoms with van der Waals surface area (Å²) in [6.45, 7) is 0. The van der Waals surface area contributed by atoms with Gasteiger partial charge in [0.15, 0.2) is 41.4 Å². The number of carbonyl (C=O) groups is 4. The molecule has 0 spiro atoms. The Morgan fingerprint density at radius 3 is 1.58 bits per heavy atom. The van der Waals surface area contributed by atoms with E-state index in [2.05, 4.69) is 25.9 Å². The lowest BCUT2D eigenvalue weighted by atomic mass is 10.2. The van der Waals surface area contributed by atoms with Crippen molar-refractivity contribution < 1.29 is 49.9 Å². The maximum Gasteiger partial charge on any atom is 0.327 e. The van der Waals surface area contributed by atoms with Gasteiger partial charge in [-0.05, 0) is 60.7 Å². The minimum atomic E-state index is -3.37. The summed E-state index contributed by atoms with van der Waals surface area (Å²) >= 11 is 14.0. The zero-order chi connectivity index (χ0) is 41.8. The number of benzene rings is 4. The average Bonchev–Trinajstić information content (AvgIpc) is 3.73. The molecule has 4 aromatic carbocycles. The van der Waals surface area contributed by atoms with E-state index in [1.807, 2.05) is 5.32 Å². The number of halogens is 3. The number of amides is 6. The van der Waals surface area contributed by atoms with Crippen molar-refractivity contribution in [1.29, 1.82) is 0 Å². The largest absolute Gasteiger partial charge is 0.493 e. The molecule has 2 aromatic heterocycles. The summed E-state index contributed by atoms with van der Waals surface area (Å²) < 4.78 is 71.3. The SMILES string of the molecule is COc1ccc(C(=O)NC(=O)Nc2nc3ccc(S(C)(=O)=O)cc3s2)c(Cl)c1OC.CS(=O)(=O)c1ccc2nc(NC(=O)NC(=O)c3cccc(F)c3Cl)sc2c1. The van der Waals surface area contributed by atoms with E-state index in [1.54, 1.807) is 6.07 Å². The van der Waals surface area contributed by atoms with Crippen LogP contribution in [-0.4, -0.2) is 77.4 Å². The average molecular weight is 898 g/mol. The minimum absolute atomic E-state index is 0.00422. The third-order valence-electron chi connectivity index (χ3n) is 7.40. The predicted octanol–water partition coefficient (Wildman–Crippen LogP) is 6.79. The van der Waals surface area contributed by atoms with Crippen LogP contribution in [-0.2, 0) is 19.7 Å². The number of nitrogens with one attached hydrogen (secondary N) is 4. The fourth-order valence-corrected chi connectivity index (χ4v) is 8.49. The van der Waals surface area contributed by atoms with Gasteiger partial charge in [-0.1, -0.05) is 51.9 Å². The number of imide groups is 2. The van der Waals surface area contributed by atoms with Crippen molar-refractivity contribution in [3.8, 4) is 11.5 Å². The Hall–Kier alpha value is -5.45. The zero-order valence-electron chi connectivity index (χ0n) is 29.6. The van der Waals surface area contributed by atoms with Gasteiger partial charge in [-0.15, -0.1) is 0 Å². The lowest BCUT2D eigenvalue weighted by Crippen LogP contribution is -2.34. The maximum absolute atomic E-state index is 13.4. The second kappa shape index (κ2) is 17.4. The molecule has 0 aliphatic carbocycles. The third-order valence-corrected chi connectivity index (χ3v) is 12.2. The predicted molar refractivity (Wildman–Crippen MR) is 214 cm³/mol. The van der Waals surface area contributed by atoms with E-state index in [0.29, 0.717) is 26.2 Å². The quantitative estimate of drug-likeness (QED) is 0.124. The first-order valence-corrected chi connectivity index (χ1v) is 21.8. The summed E-state index contributed by atoms with van der Waals surface area (Å²) in [5.74, 6) is -1.90. The van der Waals surface area contributed by atoms with Crippen LogP contribution in [0.5, 0.6) is 11.5 Å². The lowest BCUT2D eigenvalue weighted by Gasteiger charge is -2.12. The summed E-state index contributed by atoms with van der Waals surface area (Å²) in [4.78, 5) is 57.3. The van der Waals surface area contributed by atoms with Gasteiger partial charge in [-0.2, -0.15) is 0 Å². The molecule has 0 radical (unpaired) electrons. The molecule has 16 nitrogen and oxygen atoms in total. The summed E-state index contributed by atoms with van der Waals surface area (Å²) in [5.41, 5.74) is 0.833. The molecule has 6 aromatic rings. The number of fused-ring (bicyclic) bond motifs is 2. The van der Waals surface area contributed by atoms with Crippen LogP contribution in [0.2, 0.25) is 10.0 Å². The van der Waals surface area contributed by atoms with Crippen LogP contribution in [0.1, 0.15) is 20.7 Å². The Morgan fingerprint density at radius 1 is 0.667 bits per heavy atom. The van der Waals surface area contributed by atoms with E-state index in [4.69, 9.17) is 32.7 Å². The van der Waals surface area contributed by atoms with Crippen LogP contribution < -0.4 is 30.7 Å². The summed E-state index contributed by atoms with van der Waals surface area (Å²) in [6.07, 6.45) is 2.19. The Labute approximate surface area is 341 Å². The standard InChI is InChI=1S/C18H16ClN3O6S2.C16H11ClFN3O4S2/c1-27-12-7-5-10(14(19)15(12)28-2)16(23)21-17(24)22-18-20-11-6-4-9(30(3,25)26)8-13(11)29-18;1-27(24,25)8-5-6-11-12(7-8)26-16(19-11)21-15(23)20-14(22)9-3-2-4-10(18)13(9)17/h4-8H,1-3H3,(H2,20,21,22,23,24);2-7H,1H3,(H2,19,20,21,22,23). The van der Waals surface area contributed by atoms with Crippen molar-refractivity contribution in [3.63, 3.8) is 0 Å². The summed E-state index contributed by atoms with van der Waals surface area (Å²) in [6, 6.07) is 13.7. The van der Waals surface area contributed by atoms with Crippen molar-refractivity contribution in [2.45, 2.75) is 9.79 Å². The molecule has 6 rings (SSSR count). The van der Waals surface area contributed by atoms with Crippen LogP contribution >= 0.6 is 45.9 Å². The van der Waals surface area contributed by atoms with Gasteiger partial charge in [0, 0.05) is 12.5 Å². The fraction of sp³-hybridized carbons (Fsp3) is 0.118. The molecule has 4 N–H and O–H groups in total. The highest BCUT2D eigenvalue weighted by molar-refractivity contribution is 7.91. The molecule has 23 heteroatoms. The summed E-state index contributed by atoms with van der Waals surface area (Å²) in [7, 11) is -3.93. The molecule has 0 atom stereocenters. The fourth-order valence-electron chi connectivity index (χ4n) is 4.72. The number of methoxy groups -OCH3 is 2. The molecule has 0 bridgehead atoms. The van der Waals surface area contributed by atoms with Crippen LogP contribution in [0, 0.1) is 5.82 Å². The van der Waals surface area contributed by atoms with Gasteiger partial charge in [-0.3, -0.25) is 30.9 Å². The van der Waals surface area contributed by atoms with Crippen molar-refractivity contribution in [2.75, 3.05) is 37.4 Å². The number of nitrogens with zero attached hydrogens (tertiary/aromatic N) is 2. The third kappa shape index (κ3) is 10.3. The Balaban J connectivity index is 0.000000219. The van der Waals surface area contributed by atoms with E-state index in [0.717, 1.165) is 41.3 Å². The van der Waals surface area contributed by atoms with Crippen molar-refractivity contribution >= 4 is 120 Å². The molecule has 0 unspecified atom stereocenters. The normalized spacial score (nSPS) is 11.3. The molecule has 57 heavy (non-hydrogen) atoms. The highest BCUT2D eigenvalue weighted by atomic mass is 35.5. The lowest BCUT2D eigenvalue weighted by molar-refractivity contribution is 0.0957. The molecule has 6 amide bonds. The molecule has 2 heterocycles. The molecule has 0 fully saturated rings. The highest BCUT2D eigenvalue weighted by Gasteiger charge is 2.21. The number of sulfone groups is 2. The van der Waals surface area contributed by atoms with Gasteiger partial charge in [0.25, 0.3) is 11.8 Å². The maximum atomic E-state index is 13.4. The Bertz CT molecular complexity index is 2820. The van der Waals surface area contributed by atoms with Gasteiger partial charge in [0.1, 0.15) is 5.82 Å². The number of rotatable bonds is 8. The second-order valence-corrected chi connectivity index (χ2v) is 18.3. The van der Waals surface area contributed by atoms with Crippen molar-refractivity contribution in [2.24, 2.45) is 0 Å². The first kappa shape index (κ1) is 42.7. The van der Waals surface area contributed by atoms with Gasteiger partial charge in [-0.25, -0.2) is 40.8 Å². The molecule has 0 aliphatic rings. The van der Waals surface area contributed by atoms with Gasteiger partial charge in [0.05, 0.1) is 65.6 Å². The molecular weight excluding hydrogens is 871 g/mol. The number of urea groups is 2. The van der Waals surface area contributed by atoms with Crippen LogP contribution in [0.25, 0.3) is 20.4 Å². The Morgan fingerprint density at radius 2 is 1.14 bits per heavy atom. The van der Waals surface area contributed by atoms with Gasteiger partial charge in [0.2, 0.25) is 0 Å². The van der Waals surface area contributed by atoms with E-state index < -0.39 is 54.4 Å². The summed E-state index contributed by atoms with van der Waals surface area (Å²) in [5, 5.41) is 8.96. The van der Waals surface area contributed by atoms with Crippen LogP contribution in [0.3, 0.4) is 0 Å². The number of anilines is 2. The first-order valence-electron chi connectivity index (χ1n) is 15.6. The van der Waals surface area contributed by atoms with E-state index in [-0.39, 0.29) is 42.0 Å². The van der Waals surface area contributed by atoms with E-state index in [9.17, 15) is 40.4 Å². The second-order valence-electron chi connectivity index (χ2n) is 11.4. The number of carbonyl (C=O) groups excluding carboxylic acids is 4. The number of hydrogen-bond acceptors (Lipinski definition) is 14. The minimum Gasteiger partial charge on any atom is -0.493 e. The number of hydrogen-bond donors (Lipinski definition) is 4. The number of aromatic nitrogens is 2. The molecular formula is C34H27Cl2FN6O10S4. The molecule has 0 saturated carbocycles. The molecule has 0 saturated heterocycles. The van der Waals surface area contributed by atoms with Crippen LogP contribution in [0.15, 0.2) is 76.5 Å². The van der Waals surface area contributed by atoms with Gasteiger partial charge < -0.3 is 9.47 Å². The zero-order valence-corrected chi connectivity index (χ0v) is 34.4. The van der Waals surface area contributed by atoms with Gasteiger partial charge >= 0.3 is 12.1 Å². The van der Waals surface area contributed by atoms with E-state index in [1.165, 1.54) is 68.8 Å². The topological polar surface area (TPSA) is 229 Å². The highest BCUT2D eigenvalue weighted by Crippen LogP contribution is 2.37. The monoisotopic (exact) mass is 896 g/mol. The molecule has 0 aliphatic heterocycles. The van der Waals surface area contributed by atoms with E-state index >= 15 is 0 Å². The first-order chi connectivity index (χ1) is 26.8. The van der Waals surface area contributed by atoms with Crippen LogP contribution in [0.4, 0.5) is 24.2 Å². The smallest absolute Gasteiger partial charge is 0.327 e. The number of thiazole rings is 2. The molecule has 298 valence electrons. The Kier molecular flexibility index (Phi) is 13.0. The van der Waals surface area contributed by atoms with Crippen molar-refractivity contribution in [1.82, 2.24) is 20.6 Å².